The summed E-state index contributed by atoms with van der Waals surface area (Å²) in [5.41, 5.74) is 11.2. The van der Waals surface area contributed by atoms with Crippen molar-refractivity contribution in [2.45, 2.75) is 0 Å². The minimum atomic E-state index is -1.06. The van der Waals surface area contributed by atoms with Crippen molar-refractivity contribution in [3.63, 3.8) is 0 Å². The van der Waals surface area contributed by atoms with Gasteiger partial charge in [-0.25, -0.2) is 4.79 Å². The number of hydrogen-bond acceptors (Lipinski definition) is 3. The highest BCUT2D eigenvalue weighted by Gasteiger charge is 2.07. The Labute approximate surface area is 75.6 Å². The highest BCUT2D eigenvalue weighted by atomic mass is 35.5. The third kappa shape index (κ3) is 1.79. The Kier molecular flexibility index (Phi) is 3.37. The fourth-order valence-electron chi connectivity index (χ4n) is 0.770. The Balaban J connectivity index is 0.00000121. The summed E-state index contributed by atoms with van der Waals surface area (Å²) in [5, 5.41) is 8.55. The molecule has 0 spiro atoms. The second-order valence-corrected chi connectivity index (χ2v) is 2.11. The SMILES string of the molecule is Cl.Nc1cccc(C(=O)O)c1N. The van der Waals surface area contributed by atoms with Gasteiger partial charge in [0.25, 0.3) is 0 Å². The number of carboxylic acid groups (broad SMARTS) is 1. The van der Waals surface area contributed by atoms with Gasteiger partial charge in [0.2, 0.25) is 0 Å². The summed E-state index contributed by atoms with van der Waals surface area (Å²) in [6.07, 6.45) is 0. The molecule has 5 N–H and O–H groups in total. The van der Waals surface area contributed by atoms with Gasteiger partial charge in [-0.15, -0.1) is 12.4 Å². The fraction of sp³-hybridized carbons (Fsp3) is 0. The minimum absolute atomic E-state index is 0. The maximum absolute atomic E-state index is 10.4. The average Bonchev–Trinajstić information content (AvgIpc) is 1.94. The molecule has 1 aromatic rings. The molecule has 0 amide bonds. The van der Waals surface area contributed by atoms with Crippen LogP contribution in [0.5, 0.6) is 0 Å². The Morgan fingerprint density at radius 3 is 2.33 bits per heavy atom. The van der Waals surface area contributed by atoms with Gasteiger partial charge in [-0.3, -0.25) is 0 Å². The van der Waals surface area contributed by atoms with E-state index in [-0.39, 0.29) is 23.7 Å². The summed E-state index contributed by atoms with van der Waals surface area (Å²) in [7, 11) is 0. The normalized spacial score (nSPS) is 8.67. The lowest BCUT2D eigenvalue weighted by Crippen LogP contribution is -2.04. The van der Waals surface area contributed by atoms with Crippen LogP contribution in [0.15, 0.2) is 18.2 Å². The van der Waals surface area contributed by atoms with E-state index in [1.165, 1.54) is 6.07 Å². The molecule has 0 aliphatic carbocycles. The molecule has 0 bridgehead atoms. The van der Waals surface area contributed by atoms with Crippen LogP contribution in [0.4, 0.5) is 11.4 Å². The average molecular weight is 189 g/mol. The van der Waals surface area contributed by atoms with Crippen LogP contribution in [-0.4, -0.2) is 11.1 Å². The maximum Gasteiger partial charge on any atom is 0.337 e. The van der Waals surface area contributed by atoms with E-state index in [9.17, 15) is 4.79 Å². The van der Waals surface area contributed by atoms with E-state index in [4.69, 9.17) is 16.6 Å². The molecule has 4 nitrogen and oxygen atoms in total. The Morgan fingerprint density at radius 1 is 1.33 bits per heavy atom. The quantitative estimate of drug-likeness (QED) is 0.573. The largest absolute Gasteiger partial charge is 0.478 e. The first-order valence-corrected chi connectivity index (χ1v) is 3.00. The molecule has 0 fully saturated rings. The number of hydrogen-bond donors (Lipinski definition) is 3. The van der Waals surface area contributed by atoms with E-state index in [1.807, 2.05) is 0 Å². The van der Waals surface area contributed by atoms with Gasteiger partial charge in [0, 0.05) is 0 Å². The van der Waals surface area contributed by atoms with Gasteiger partial charge in [0.05, 0.1) is 16.9 Å². The van der Waals surface area contributed by atoms with Crippen LogP contribution in [0.1, 0.15) is 10.4 Å². The van der Waals surface area contributed by atoms with E-state index in [2.05, 4.69) is 0 Å². The third-order valence-electron chi connectivity index (χ3n) is 1.37. The van der Waals surface area contributed by atoms with Crippen LogP contribution in [0.2, 0.25) is 0 Å². The molecular formula is C7H9ClN2O2. The lowest BCUT2D eigenvalue weighted by molar-refractivity contribution is 0.0698. The molecule has 0 atom stereocenters. The number of nitrogen functional groups attached to an aromatic ring is 2. The van der Waals surface area contributed by atoms with Crippen molar-refractivity contribution in [1.29, 1.82) is 0 Å². The number of nitrogens with two attached hydrogens (primary N) is 2. The Morgan fingerprint density at radius 2 is 1.92 bits per heavy atom. The van der Waals surface area contributed by atoms with E-state index in [0.29, 0.717) is 5.69 Å². The first-order valence-electron chi connectivity index (χ1n) is 3.00. The first kappa shape index (κ1) is 10.6. The van der Waals surface area contributed by atoms with E-state index in [0.717, 1.165) is 0 Å². The number of carbonyl (C=O) groups is 1. The summed E-state index contributed by atoms with van der Waals surface area (Å²) < 4.78 is 0. The minimum Gasteiger partial charge on any atom is -0.478 e. The summed E-state index contributed by atoms with van der Waals surface area (Å²) in [6, 6.07) is 4.52. The number of aromatic carboxylic acids is 1. The van der Waals surface area contributed by atoms with Crippen LogP contribution in [0, 0.1) is 0 Å². The zero-order chi connectivity index (χ0) is 8.43. The Hall–Kier alpha value is -1.42. The number of halogens is 1. The lowest BCUT2D eigenvalue weighted by atomic mass is 10.1. The highest BCUT2D eigenvalue weighted by Crippen LogP contribution is 2.18. The fourth-order valence-corrected chi connectivity index (χ4v) is 0.770. The summed E-state index contributed by atoms with van der Waals surface area (Å²) in [5.74, 6) is -1.06. The topological polar surface area (TPSA) is 89.3 Å². The number of anilines is 2. The van der Waals surface area contributed by atoms with Crippen LogP contribution < -0.4 is 11.5 Å². The highest BCUT2D eigenvalue weighted by molar-refractivity contribution is 5.96. The van der Waals surface area contributed by atoms with E-state index in [1.54, 1.807) is 12.1 Å². The molecule has 66 valence electrons. The van der Waals surface area contributed by atoms with Crippen molar-refractivity contribution < 1.29 is 9.90 Å². The molecule has 0 radical (unpaired) electrons. The van der Waals surface area contributed by atoms with Crippen molar-refractivity contribution in [2.75, 3.05) is 11.5 Å². The van der Waals surface area contributed by atoms with Gasteiger partial charge < -0.3 is 16.6 Å². The van der Waals surface area contributed by atoms with Crippen molar-refractivity contribution in [3.05, 3.63) is 23.8 Å². The van der Waals surface area contributed by atoms with Gasteiger partial charge in [-0.1, -0.05) is 6.07 Å². The van der Waals surface area contributed by atoms with Crippen LogP contribution >= 0.6 is 12.4 Å². The summed E-state index contributed by atoms with van der Waals surface area (Å²) >= 11 is 0. The van der Waals surface area contributed by atoms with Crippen LogP contribution in [0.25, 0.3) is 0 Å². The summed E-state index contributed by atoms with van der Waals surface area (Å²) in [4.78, 5) is 10.4. The predicted octanol–water partition coefficient (Wildman–Crippen LogP) is 0.971. The molecule has 1 rings (SSSR count). The van der Waals surface area contributed by atoms with Gasteiger partial charge >= 0.3 is 5.97 Å². The molecule has 0 heterocycles. The zero-order valence-corrected chi connectivity index (χ0v) is 6.97. The molecule has 12 heavy (non-hydrogen) atoms. The van der Waals surface area contributed by atoms with Crippen LogP contribution in [-0.2, 0) is 0 Å². The van der Waals surface area contributed by atoms with E-state index >= 15 is 0 Å². The second-order valence-electron chi connectivity index (χ2n) is 2.11. The molecule has 0 aliphatic rings. The molecule has 0 aliphatic heterocycles. The van der Waals surface area contributed by atoms with E-state index < -0.39 is 5.97 Å². The van der Waals surface area contributed by atoms with Crippen molar-refractivity contribution in [1.82, 2.24) is 0 Å². The third-order valence-corrected chi connectivity index (χ3v) is 1.37. The molecule has 5 heteroatoms. The molecular weight excluding hydrogens is 180 g/mol. The number of benzene rings is 1. The second kappa shape index (κ2) is 3.82. The number of carboxylic acids is 1. The van der Waals surface area contributed by atoms with Gasteiger partial charge in [0.15, 0.2) is 0 Å². The monoisotopic (exact) mass is 188 g/mol. The molecule has 0 saturated carbocycles. The lowest BCUT2D eigenvalue weighted by Gasteiger charge is -2.01. The smallest absolute Gasteiger partial charge is 0.337 e. The predicted molar refractivity (Wildman–Crippen MR) is 49.5 cm³/mol. The molecule has 0 aromatic heterocycles. The van der Waals surface area contributed by atoms with Crippen molar-refractivity contribution in [2.24, 2.45) is 0 Å². The Bertz CT molecular complexity index is 301. The van der Waals surface area contributed by atoms with Crippen LogP contribution in [0.3, 0.4) is 0 Å². The van der Waals surface area contributed by atoms with Gasteiger partial charge in [0.1, 0.15) is 0 Å². The van der Waals surface area contributed by atoms with Gasteiger partial charge in [-0.05, 0) is 12.1 Å². The zero-order valence-electron chi connectivity index (χ0n) is 6.15. The standard InChI is InChI=1S/C7H8N2O2.ClH/c8-5-3-1-2-4(6(5)9)7(10)11;/h1-3H,8-9H2,(H,10,11);1H. The van der Waals surface area contributed by atoms with Crippen molar-refractivity contribution >= 4 is 29.8 Å². The molecule has 0 saturated heterocycles. The molecule has 0 unspecified atom stereocenters. The molecule has 1 aromatic carbocycles. The summed E-state index contributed by atoms with van der Waals surface area (Å²) in [6.45, 7) is 0. The van der Waals surface area contributed by atoms with Gasteiger partial charge in [-0.2, -0.15) is 0 Å². The first-order chi connectivity index (χ1) is 5.13. The number of para-hydroxylation sites is 1. The maximum atomic E-state index is 10.4. The van der Waals surface area contributed by atoms with Crippen molar-refractivity contribution in [3.8, 4) is 0 Å². The number of rotatable bonds is 1.